The van der Waals surface area contributed by atoms with E-state index in [2.05, 4.69) is 22.4 Å². The molecule has 0 spiro atoms. The van der Waals surface area contributed by atoms with Crippen LogP contribution in [0.5, 0.6) is 0 Å². The van der Waals surface area contributed by atoms with Gasteiger partial charge in [-0.15, -0.1) is 0 Å². The van der Waals surface area contributed by atoms with Gasteiger partial charge in [-0.1, -0.05) is 54.6 Å². The molecule has 0 aliphatic heterocycles. The third-order valence-corrected chi connectivity index (χ3v) is 5.90. The summed E-state index contributed by atoms with van der Waals surface area (Å²) in [6.45, 7) is 2.04. The Morgan fingerprint density at radius 2 is 1.73 bits per heavy atom. The Labute approximate surface area is 190 Å². The molecule has 7 nitrogen and oxygen atoms in total. The predicted molar refractivity (Wildman–Crippen MR) is 122 cm³/mol. The van der Waals surface area contributed by atoms with Gasteiger partial charge in [0, 0.05) is 5.92 Å². The largest absolute Gasteiger partial charge is 0.480 e. The molecule has 1 aromatic heterocycles. The third kappa shape index (κ3) is 4.05. The number of amides is 1. The zero-order chi connectivity index (χ0) is 22.9. The fourth-order valence-electron chi connectivity index (χ4n) is 4.32. The predicted octanol–water partition coefficient (Wildman–Crippen LogP) is 4.67. The highest BCUT2D eigenvalue weighted by Crippen LogP contribution is 2.44. The summed E-state index contributed by atoms with van der Waals surface area (Å²) in [4.78, 5) is 28.6. The number of hydrogen-bond donors (Lipinski definition) is 2. The number of oxazole rings is 1. The number of hydrogen-bond acceptors (Lipinski definition) is 5. The molecule has 0 saturated heterocycles. The van der Waals surface area contributed by atoms with Crippen LogP contribution >= 0.6 is 0 Å². The molecule has 1 amide bonds. The summed E-state index contributed by atoms with van der Waals surface area (Å²) in [6, 6.07) is 20.4. The summed E-state index contributed by atoms with van der Waals surface area (Å²) in [5, 5.41) is 12.0. The Morgan fingerprint density at radius 3 is 2.39 bits per heavy atom. The van der Waals surface area contributed by atoms with E-state index in [9.17, 15) is 14.7 Å². The SMILES string of the molecule is Cc1ccc2nc(C[C@H](NC(=O)OCC3c4ccccc4-c4ccccc43)C(=O)O)oc2c1. The molecule has 4 aromatic rings. The minimum Gasteiger partial charge on any atom is -0.480 e. The highest BCUT2D eigenvalue weighted by molar-refractivity contribution is 5.81. The monoisotopic (exact) mass is 442 g/mol. The van der Waals surface area contributed by atoms with Gasteiger partial charge < -0.3 is 19.6 Å². The van der Waals surface area contributed by atoms with Crippen molar-refractivity contribution in [1.82, 2.24) is 10.3 Å². The number of nitrogens with zero attached hydrogens (tertiary/aromatic N) is 1. The maximum absolute atomic E-state index is 12.5. The highest BCUT2D eigenvalue weighted by atomic mass is 16.5. The molecule has 1 heterocycles. The maximum Gasteiger partial charge on any atom is 0.407 e. The van der Waals surface area contributed by atoms with Crippen molar-refractivity contribution in [2.45, 2.75) is 25.3 Å². The van der Waals surface area contributed by atoms with Crippen LogP contribution in [0.1, 0.15) is 28.5 Å². The first-order valence-electron chi connectivity index (χ1n) is 10.7. The van der Waals surface area contributed by atoms with Crippen LogP contribution in [-0.2, 0) is 16.0 Å². The van der Waals surface area contributed by atoms with E-state index >= 15 is 0 Å². The number of rotatable bonds is 6. The minimum absolute atomic E-state index is 0.0900. The fraction of sp³-hybridized carbons (Fsp3) is 0.192. The van der Waals surface area contributed by atoms with Gasteiger partial charge in [-0.25, -0.2) is 14.6 Å². The lowest BCUT2D eigenvalue weighted by Gasteiger charge is -2.16. The summed E-state index contributed by atoms with van der Waals surface area (Å²) in [7, 11) is 0. The van der Waals surface area contributed by atoms with Crippen molar-refractivity contribution in [3.63, 3.8) is 0 Å². The van der Waals surface area contributed by atoms with Gasteiger partial charge in [-0.05, 0) is 46.9 Å². The minimum atomic E-state index is -1.23. The number of alkyl carbamates (subject to hydrolysis) is 1. The summed E-state index contributed by atoms with van der Waals surface area (Å²) in [6.07, 6.45) is -0.885. The normalized spacial score (nSPS) is 13.4. The second-order valence-corrected chi connectivity index (χ2v) is 8.14. The number of benzene rings is 3. The zero-order valence-electron chi connectivity index (χ0n) is 17.9. The molecule has 7 heteroatoms. The second kappa shape index (κ2) is 8.43. The van der Waals surface area contributed by atoms with Crippen LogP contribution in [0.25, 0.3) is 22.2 Å². The van der Waals surface area contributed by atoms with E-state index in [0.717, 1.165) is 27.8 Å². The molecule has 0 radical (unpaired) electrons. The number of aryl methyl sites for hydroxylation is 1. The molecule has 5 rings (SSSR count). The van der Waals surface area contributed by atoms with E-state index in [4.69, 9.17) is 9.15 Å². The summed E-state index contributed by atoms with van der Waals surface area (Å²) >= 11 is 0. The lowest BCUT2D eigenvalue weighted by molar-refractivity contribution is -0.139. The molecule has 0 fully saturated rings. The van der Waals surface area contributed by atoms with Crippen molar-refractivity contribution in [2.24, 2.45) is 0 Å². The Bertz CT molecular complexity index is 1310. The quantitative estimate of drug-likeness (QED) is 0.450. The molecule has 0 bridgehead atoms. The number of aliphatic carboxylic acids is 1. The first-order chi connectivity index (χ1) is 16.0. The van der Waals surface area contributed by atoms with Gasteiger partial charge in [0.15, 0.2) is 11.5 Å². The number of carbonyl (C=O) groups excluding carboxylic acids is 1. The van der Waals surface area contributed by atoms with E-state index in [1.807, 2.05) is 61.5 Å². The average Bonchev–Trinajstić information content (AvgIpc) is 3.35. The molecule has 3 aromatic carbocycles. The van der Waals surface area contributed by atoms with Crippen molar-refractivity contribution in [3.8, 4) is 11.1 Å². The van der Waals surface area contributed by atoms with Gasteiger partial charge in [0.1, 0.15) is 18.2 Å². The Kier molecular flexibility index (Phi) is 5.30. The number of carboxylic acid groups (broad SMARTS) is 1. The van der Waals surface area contributed by atoms with Gasteiger partial charge in [0.25, 0.3) is 0 Å². The van der Waals surface area contributed by atoms with Crippen LogP contribution < -0.4 is 5.32 Å². The molecule has 1 aliphatic carbocycles. The molecular weight excluding hydrogens is 420 g/mol. The van der Waals surface area contributed by atoms with E-state index < -0.39 is 18.1 Å². The van der Waals surface area contributed by atoms with Crippen LogP contribution in [0.15, 0.2) is 71.1 Å². The lowest BCUT2D eigenvalue weighted by atomic mass is 9.98. The number of nitrogens with one attached hydrogen (secondary N) is 1. The number of ether oxygens (including phenoxy) is 1. The number of aromatic nitrogens is 1. The lowest BCUT2D eigenvalue weighted by Crippen LogP contribution is -2.43. The van der Waals surface area contributed by atoms with Crippen molar-refractivity contribution >= 4 is 23.2 Å². The van der Waals surface area contributed by atoms with Crippen molar-refractivity contribution in [2.75, 3.05) is 6.61 Å². The number of carboxylic acids is 1. The third-order valence-electron chi connectivity index (χ3n) is 5.90. The smallest absolute Gasteiger partial charge is 0.407 e. The van der Waals surface area contributed by atoms with Gasteiger partial charge in [-0.3, -0.25) is 0 Å². The molecular formula is C26H22N2O5. The number of carbonyl (C=O) groups is 2. The van der Waals surface area contributed by atoms with Crippen molar-refractivity contribution in [3.05, 3.63) is 89.3 Å². The van der Waals surface area contributed by atoms with Gasteiger partial charge in [0.05, 0.1) is 6.42 Å². The second-order valence-electron chi connectivity index (χ2n) is 8.14. The van der Waals surface area contributed by atoms with E-state index in [0.29, 0.717) is 11.1 Å². The molecule has 0 saturated carbocycles. The standard InChI is InChI=1S/C26H22N2O5/c1-15-10-11-21-23(12-15)33-24(27-21)13-22(25(29)30)28-26(31)32-14-20-18-8-4-2-6-16(18)17-7-3-5-9-19(17)20/h2-12,20,22H,13-14H2,1H3,(H,28,31)(H,29,30)/t22-/m0/s1. The molecule has 166 valence electrons. The first-order valence-corrected chi connectivity index (χ1v) is 10.7. The average molecular weight is 442 g/mol. The van der Waals surface area contributed by atoms with Gasteiger partial charge in [-0.2, -0.15) is 0 Å². The molecule has 0 unspecified atom stereocenters. The van der Waals surface area contributed by atoms with E-state index in [1.165, 1.54) is 0 Å². The highest BCUT2D eigenvalue weighted by Gasteiger charge is 2.30. The van der Waals surface area contributed by atoms with Crippen LogP contribution in [0.3, 0.4) is 0 Å². The zero-order valence-corrected chi connectivity index (χ0v) is 17.9. The summed E-state index contributed by atoms with van der Waals surface area (Å²) in [5.74, 6) is -1.06. The Balaban J connectivity index is 1.27. The first kappa shape index (κ1) is 20.8. The van der Waals surface area contributed by atoms with Crippen LogP contribution in [0.2, 0.25) is 0 Å². The van der Waals surface area contributed by atoms with Crippen molar-refractivity contribution in [1.29, 1.82) is 0 Å². The fourth-order valence-corrected chi connectivity index (χ4v) is 4.32. The van der Waals surface area contributed by atoms with Crippen LogP contribution in [0.4, 0.5) is 4.79 Å². The van der Waals surface area contributed by atoms with Crippen LogP contribution in [-0.4, -0.2) is 34.8 Å². The maximum atomic E-state index is 12.5. The number of fused-ring (bicyclic) bond motifs is 4. The molecule has 33 heavy (non-hydrogen) atoms. The molecule has 1 aliphatic rings. The van der Waals surface area contributed by atoms with E-state index in [1.54, 1.807) is 0 Å². The van der Waals surface area contributed by atoms with E-state index in [-0.39, 0.29) is 24.8 Å². The molecule has 2 N–H and O–H groups in total. The van der Waals surface area contributed by atoms with Crippen molar-refractivity contribution < 1.29 is 23.8 Å². The topological polar surface area (TPSA) is 102 Å². The summed E-state index contributed by atoms with van der Waals surface area (Å²) < 4.78 is 11.1. The Hall–Kier alpha value is -4.13. The van der Waals surface area contributed by atoms with Crippen LogP contribution in [0, 0.1) is 6.92 Å². The van der Waals surface area contributed by atoms with Gasteiger partial charge >= 0.3 is 12.1 Å². The Morgan fingerprint density at radius 1 is 1.06 bits per heavy atom. The van der Waals surface area contributed by atoms with Gasteiger partial charge in [0.2, 0.25) is 0 Å². The molecule has 1 atom stereocenters. The summed E-state index contributed by atoms with van der Waals surface area (Å²) in [5.41, 5.74) is 6.65.